The van der Waals surface area contributed by atoms with Crippen LogP contribution in [0.5, 0.6) is 17.2 Å². The number of hydrogen-bond donors (Lipinski definition) is 8. The largest absolute Gasteiger partial charge is 0.508 e. The molecule has 0 aromatic heterocycles. The van der Waals surface area contributed by atoms with E-state index in [0.717, 1.165) is 6.26 Å². The number of esters is 1. The normalized spacial score (nSPS) is 27.8. The molecule has 2 aliphatic heterocycles. The molecular formula is C31H40O14. The second-order valence-corrected chi connectivity index (χ2v) is 10.2. The van der Waals surface area contributed by atoms with Crippen molar-refractivity contribution in [2.24, 2.45) is 5.92 Å². The van der Waals surface area contributed by atoms with E-state index >= 15 is 0 Å². The van der Waals surface area contributed by atoms with E-state index in [4.69, 9.17) is 28.8 Å². The maximum Gasteiger partial charge on any atom is 0.337 e. The topological polar surface area (TPSA) is 225 Å². The summed E-state index contributed by atoms with van der Waals surface area (Å²) in [4.78, 5) is 12.4. The minimum Gasteiger partial charge on any atom is -0.508 e. The third kappa shape index (κ3) is 9.63. The van der Waals surface area contributed by atoms with Crippen LogP contribution in [0.3, 0.4) is 0 Å². The van der Waals surface area contributed by atoms with Crippen LogP contribution in [0.4, 0.5) is 0 Å². The number of aliphatic hydroxyl groups is 5. The first-order valence-electron chi connectivity index (χ1n) is 14.1. The van der Waals surface area contributed by atoms with Crippen LogP contribution in [0.15, 0.2) is 72.0 Å². The maximum absolute atomic E-state index is 12.4. The van der Waals surface area contributed by atoms with Gasteiger partial charge in [0.1, 0.15) is 30.2 Å². The molecule has 14 heteroatoms. The van der Waals surface area contributed by atoms with E-state index in [1.165, 1.54) is 19.2 Å². The van der Waals surface area contributed by atoms with Gasteiger partial charge in [0.2, 0.25) is 6.29 Å². The highest BCUT2D eigenvalue weighted by Crippen LogP contribution is 2.37. The number of aliphatic hydroxyl groups excluding tert-OH is 5. The van der Waals surface area contributed by atoms with E-state index in [1.807, 2.05) is 6.07 Å². The molecule has 2 aliphatic rings. The van der Waals surface area contributed by atoms with Crippen LogP contribution in [0.2, 0.25) is 0 Å². The van der Waals surface area contributed by atoms with Gasteiger partial charge in [0.15, 0.2) is 24.1 Å². The first-order chi connectivity index (χ1) is 21.5. The molecule has 0 bridgehead atoms. The van der Waals surface area contributed by atoms with E-state index in [9.17, 15) is 40.5 Å². The lowest BCUT2D eigenvalue weighted by molar-refractivity contribution is -0.328. The SMILES string of the molecule is C/C=C1/[C@H](O[C@@H]2O[C@H](CO)[C@@H](O)[C@H](O)[C@H]2O)OC=C(C(=O)OC)[C@H]1CC(O)OCCc1ccc(O)c(O)c1.Oc1ccccc1. The molecule has 0 spiro atoms. The molecular weight excluding hydrogens is 596 g/mol. The number of ether oxygens (including phenoxy) is 5. The monoisotopic (exact) mass is 636 g/mol. The highest BCUT2D eigenvalue weighted by Gasteiger charge is 2.46. The van der Waals surface area contributed by atoms with Gasteiger partial charge in [-0.15, -0.1) is 0 Å². The Labute approximate surface area is 259 Å². The molecule has 248 valence electrons. The molecule has 8 atom stereocenters. The van der Waals surface area contributed by atoms with Gasteiger partial charge in [0.25, 0.3) is 0 Å². The molecule has 0 saturated carbocycles. The third-order valence-corrected chi connectivity index (χ3v) is 7.16. The van der Waals surface area contributed by atoms with Gasteiger partial charge >= 0.3 is 5.97 Å². The highest BCUT2D eigenvalue weighted by atomic mass is 16.8. The summed E-state index contributed by atoms with van der Waals surface area (Å²) in [5, 5.41) is 78.1. The summed E-state index contributed by atoms with van der Waals surface area (Å²) in [7, 11) is 1.19. The van der Waals surface area contributed by atoms with Gasteiger partial charge in [-0.25, -0.2) is 4.79 Å². The van der Waals surface area contributed by atoms with E-state index in [0.29, 0.717) is 23.3 Å². The van der Waals surface area contributed by atoms with Crippen molar-refractivity contribution in [2.45, 2.75) is 63.1 Å². The van der Waals surface area contributed by atoms with Gasteiger partial charge in [-0.2, -0.15) is 0 Å². The Bertz CT molecular complexity index is 1280. The molecule has 0 aliphatic carbocycles. The molecule has 8 N–H and O–H groups in total. The van der Waals surface area contributed by atoms with Crippen molar-refractivity contribution in [3.8, 4) is 17.2 Å². The lowest BCUT2D eigenvalue weighted by atomic mass is 9.86. The van der Waals surface area contributed by atoms with E-state index in [2.05, 4.69) is 0 Å². The predicted octanol–water partition coefficient (Wildman–Crippen LogP) is 0.550. The Balaban J connectivity index is 0.000000693. The smallest absolute Gasteiger partial charge is 0.337 e. The number of para-hydroxylation sites is 1. The third-order valence-electron chi connectivity index (χ3n) is 7.16. The summed E-state index contributed by atoms with van der Waals surface area (Å²) in [5.41, 5.74) is 1.09. The lowest BCUT2D eigenvalue weighted by Gasteiger charge is -2.42. The average Bonchev–Trinajstić information content (AvgIpc) is 3.03. The Kier molecular flexibility index (Phi) is 13.6. The van der Waals surface area contributed by atoms with Crippen molar-refractivity contribution in [3.05, 3.63) is 77.6 Å². The summed E-state index contributed by atoms with van der Waals surface area (Å²) in [6, 6.07) is 13.0. The molecule has 0 radical (unpaired) electrons. The fraction of sp³-hybridized carbons (Fsp3) is 0.452. The summed E-state index contributed by atoms with van der Waals surface area (Å²) >= 11 is 0. The van der Waals surface area contributed by atoms with Crippen LogP contribution < -0.4 is 0 Å². The van der Waals surface area contributed by atoms with Gasteiger partial charge in [0.05, 0.1) is 32.2 Å². The number of benzene rings is 2. The quantitative estimate of drug-likeness (QED) is 0.0772. The molecule has 1 fully saturated rings. The molecule has 4 rings (SSSR count). The number of carbonyl (C=O) groups is 1. The standard InChI is InChI=1S/C25H34O13.C6H6O/c1-3-13-14(9-19(29)35-7-6-12-4-5-16(27)17(28)8-12)15(23(33)34-2)11-36-24(13)38-25-22(32)21(31)20(30)18(10-26)37-25;7-6-4-2-1-3-5-6/h3-5,8,11,14,18-22,24-32H,6-7,9-10H2,1-2H3;1-5,7H/b13-3+;/t14-,18+,19?,20+,21-,22+,24-,25-;/m0./s1. The number of hydrogen-bond acceptors (Lipinski definition) is 14. The van der Waals surface area contributed by atoms with Crippen LogP contribution in [0.1, 0.15) is 18.9 Å². The van der Waals surface area contributed by atoms with Crippen LogP contribution in [-0.2, 0) is 34.9 Å². The molecule has 1 unspecified atom stereocenters. The fourth-order valence-electron chi connectivity index (χ4n) is 4.70. The van der Waals surface area contributed by atoms with Crippen molar-refractivity contribution in [1.82, 2.24) is 0 Å². The Hall–Kier alpha value is -3.73. The highest BCUT2D eigenvalue weighted by molar-refractivity contribution is 5.89. The summed E-state index contributed by atoms with van der Waals surface area (Å²) in [6.07, 6.45) is -7.28. The van der Waals surface area contributed by atoms with Crippen molar-refractivity contribution in [3.63, 3.8) is 0 Å². The zero-order valence-electron chi connectivity index (χ0n) is 24.7. The Morgan fingerprint density at radius 2 is 1.71 bits per heavy atom. The summed E-state index contributed by atoms with van der Waals surface area (Å²) in [6.45, 7) is 1.05. The molecule has 0 amide bonds. The predicted molar refractivity (Wildman–Crippen MR) is 155 cm³/mol. The number of rotatable bonds is 10. The average molecular weight is 637 g/mol. The maximum atomic E-state index is 12.4. The van der Waals surface area contributed by atoms with Gasteiger partial charge in [-0.05, 0) is 43.2 Å². The lowest BCUT2D eigenvalue weighted by Crippen LogP contribution is -2.60. The van der Waals surface area contributed by atoms with Gasteiger partial charge in [-0.1, -0.05) is 30.3 Å². The van der Waals surface area contributed by atoms with Crippen LogP contribution in [0.25, 0.3) is 0 Å². The Morgan fingerprint density at radius 3 is 2.29 bits per heavy atom. The zero-order valence-corrected chi connectivity index (χ0v) is 24.7. The first-order valence-corrected chi connectivity index (χ1v) is 14.1. The second-order valence-electron chi connectivity index (χ2n) is 10.2. The number of phenolic OH excluding ortho intramolecular Hbond substituents is 3. The van der Waals surface area contributed by atoms with Crippen molar-refractivity contribution >= 4 is 5.97 Å². The molecule has 2 aromatic rings. The summed E-state index contributed by atoms with van der Waals surface area (Å²) in [5.74, 6) is -1.73. The van der Waals surface area contributed by atoms with Crippen LogP contribution >= 0.6 is 0 Å². The Morgan fingerprint density at radius 1 is 1.00 bits per heavy atom. The van der Waals surface area contributed by atoms with Gasteiger partial charge in [0, 0.05) is 17.9 Å². The van der Waals surface area contributed by atoms with E-state index < -0.39 is 61.8 Å². The molecule has 2 aromatic carbocycles. The second kappa shape index (κ2) is 17.1. The number of allylic oxidation sites excluding steroid dienone is 1. The number of phenols is 3. The zero-order chi connectivity index (χ0) is 33.1. The number of methoxy groups -OCH3 is 1. The van der Waals surface area contributed by atoms with Gasteiger partial charge in [-0.3, -0.25) is 0 Å². The summed E-state index contributed by atoms with van der Waals surface area (Å²) < 4.78 is 27.0. The van der Waals surface area contributed by atoms with Crippen LogP contribution in [-0.4, -0.2) is 110 Å². The number of aromatic hydroxyl groups is 3. The van der Waals surface area contributed by atoms with Crippen molar-refractivity contribution in [2.75, 3.05) is 20.3 Å². The first kappa shape index (κ1) is 35.7. The van der Waals surface area contributed by atoms with E-state index in [-0.39, 0.29) is 30.1 Å². The number of carbonyl (C=O) groups excluding carboxylic acids is 1. The molecule has 1 saturated heterocycles. The minimum atomic E-state index is -1.67. The van der Waals surface area contributed by atoms with Crippen LogP contribution in [0, 0.1) is 5.92 Å². The van der Waals surface area contributed by atoms with E-state index in [1.54, 1.807) is 43.3 Å². The molecule has 45 heavy (non-hydrogen) atoms. The van der Waals surface area contributed by atoms with Gasteiger partial charge < -0.3 is 64.5 Å². The molecule has 14 nitrogen and oxygen atoms in total. The van der Waals surface area contributed by atoms with Crippen molar-refractivity contribution in [1.29, 1.82) is 0 Å². The molecule has 2 heterocycles. The minimum absolute atomic E-state index is 0.0574. The fourth-order valence-corrected chi connectivity index (χ4v) is 4.70. The van der Waals surface area contributed by atoms with Crippen molar-refractivity contribution < 1.29 is 69.3 Å².